The van der Waals surface area contributed by atoms with Crippen LogP contribution in [0.5, 0.6) is 5.75 Å². The van der Waals surface area contributed by atoms with E-state index in [-0.39, 0.29) is 5.91 Å². The molecule has 2 rings (SSSR count). The van der Waals surface area contributed by atoms with Crippen LogP contribution in [0.3, 0.4) is 0 Å². The molecule has 108 valence electrons. The van der Waals surface area contributed by atoms with E-state index in [0.717, 1.165) is 18.5 Å². The summed E-state index contributed by atoms with van der Waals surface area (Å²) in [6.07, 6.45) is 4.66. The maximum absolute atomic E-state index is 11.8. The molecule has 0 spiro atoms. The summed E-state index contributed by atoms with van der Waals surface area (Å²) in [4.78, 5) is 15.7. The van der Waals surface area contributed by atoms with Crippen molar-refractivity contribution in [3.8, 4) is 5.75 Å². The van der Waals surface area contributed by atoms with Crippen LogP contribution in [-0.2, 0) is 0 Å². The average Bonchev–Trinajstić information content (AvgIpc) is 2.47. The van der Waals surface area contributed by atoms with E-state index in [1.807, 2.05) is 12.1 Å². The Hall–Kier alpha value is -1.23. The van der Waals surface area contributed by atoms with E-state index in [9.17, 15) is 4.79 Å². The Kier molecular flexibility index (Phi) is 5.91. The Morgan fingerprint density at radius 2 is 2.24 bits per heavy atom. The van der Waals surface area contributed by atoms with Crippen LogP contribution in [0.4, 0.5) is 0 Å². The number of aromatic nitrogens is 1. The molecule has 1 amide bonds. The van der Waals surface area contributed by atoms with Gasteiger partial charge in [0.1, 0.15) is 5.75 Å². The third-order valence-electron chi connectivity index (χ3n) is 2.53. The molecular weight excluding hydrogens is 496 g/mol. The Labute approximate surface area is 149 Å². The Balaban J connectivity index is 2.13. The number of halogens is 2. The molecule has 0 atom stereocenters. The van der Waals surface area contributed by atoms with Crippen LogP contribution in [-0.4, -0.2) is 24.2 Å². The highest BCUT2D eigenvalue weighted by Gasteiger charge is 2.08. The third-order valence-corrected chi connectivity index (χ3v) is 3.96. The van der Waals surface area contributed by atoms with E-state index in [1.165, 1.54) is 6.20 Å². The highest BCUT2D eigenvalue weighted by Crippen LogP contribution is 2.26. The van der Waals surface area contributed by atoms with Gasteiger partial charge in [0.05, 0.1) is 22.5 Å². The SMILES string of the molecule is COc1c(I)cc(I)cc1C=NNC(=O)c1cccnc1. The molecule has 1 heterocycles. The Morgan fingerprint density at radius 3 is 2.90 bits per heavy atom. The zero-order valence-corrected chi connectivity index (χ0v) is 15.3. The second-order valence-electron chi connectivity index (χ2n) is 3.95. The van der Waals surface area contributed by atoms with E-state index >= 15 is 0 Å². The topological polar surface area (TPSA) is 63.6 Å². The van der Waals surface area contributed by atoms with Crippen molar-refractivity contribution in [3.63, 3.8) is 0 Å². The number of hydrogen-bond donors (Lipinski definition) is 1. The van der Waals surface area contributed by atoms with Gasteiger partial charge in [-0.1, -0.05) is 0 Å². The molecule has 0 fully saturated rings. The number of benzene rings is 1. The van der Waals surface area contributed by atoms with Crippen molar-refractivity contribution in [2.45, 2.75) is 0 Å². The van der Waals surface area contributed by atoms with Crippen molar-refractivity contribution in [2.24, 2.45) is 5.10 Å². The van der Waals surface area contributed by atoms with Gasteiger partial charge >= 0.3 is 0 Å². The molecule has 0 aliphatic heterocycles. The summed E-state index contributed by atoms with van der Waals surface area (Å²) >= 11 is 4.42. The van der Waals surface area contributed by atoms with Crippen molar-refractivity contribution in [1.29, 1.82) is 0 Å². The molecule has 7 heteroatoms. The first-order valence-corrected chi connectivity index (χ1v) is 8.04. The van der Waals surface area contributed by atoms with Gasteiger partial charge < -0.3 is 4.74 Å². The summed E-state index contributed by atoms with van der Waals surface area (Å²) in [5.74, 6) is 0.425. The Bertz CT molecular complexity index is 675. The number of ether oxygens (including phenoxy) is 1. The van der Waals surface area contributed by atoms with Gasteiger partial charge in [-0.25, -0.2) is 5.43 Å². The molecule has 0 saturated carbocycles. The largest absolute Gasteiger partial charge is 0.495 e. The Morgan fingerprint density at radius 1 is 1.43 bits per heavy atom. The lowest BCUT2D eigenvalue weighted by Gasteiger charge is -2.07. The molecule has 0 saturated heterocycles. The molecule has 0 radical (unpaired) electrons. The minimum Gasteiger partial charge on any atom is -0.495 e. The molecule has 0 aliphatic carbocycles. The number of amides is 1. The van der Waals surface area contributed by atoms with Gasteiger partial charge in [0, 0.05) is 21.5 Å². The number of carbonyl (C=O) groups excluding carboxylic acids is 1. The van der Waals surface area contributed by atoms with Crippen LogP contribution in [0, 0.1) is 7.14 Å². The maximum atomic E-state index is 11.8. The molecule has 0 bridgehead atoms. The lowest BCUT2D eigenvalue weighted by atomic mass is 10.2. The predicted molar refractivity (Wildman–Crippen MR) is 97.7 cm³/mol. The van der Waals surface area contributed by atoms with E-state index < -0.39 is 0 Å². The van der Waals surface area contributed by atoms with Gasteiger partial charge in [0.15, 0.2) is 0 Å². The second kappa shape index (κ2) is 7.69. The number of hydrazone groups is 1. The fraction of sp³-hybridized carbons (Fsp3) is 0.0714. The number of rotatable bonds is 4. The molecule has 1 aromatic carbocycles. The molecule has 0 unspecified atom stereocenters. The molecule has 2 aromatic rings. The minimum absolute atomic E-state index is 0.307. The lowest BCUT2D eigenvalue weighted by molar-refractivity contribution is 0.0955. The van der Waals surface area contributed by atoms with E-state index in [1.54, 1.807) is 31.7 Å². The average molecular weight is 507 g/mol. The van der Waals surface area contributed by atoms with Gasteiger partial charge in [-0.05, 0) is 69.4 Å². The highest BCUT2D eigenvalue weighted by molar-refractivity contribution is 14.1. The number of nitrogens with one attached hydrogen (secondary N) is 1. The summed E-state index contributed by atoms with van der Waals surface area (Å²) in [5.41, 5.74) is 3.73. The lowest BCUT2D eigenvalue weighted by Crippen LogP contribution is -2.17. The number of methoxy groups -OCH3 is 1. The predicted octanol–water partition coefficient (Wildman–Crippen LogP) is 3.06. The van der Waals surface area contributed by atoms with E-state index in [0.29, 0.717) is 5.56 Å². The fourth-order valence-corrected chi connectivity index (χ4v) is 3.72. The van der Waals surface area contributed by atoms with Crippen LogP contribution >= 0.6 is 45.2 Å². The molecule has 0 aliphatic rings. The van der Waals surface area contributed by atoms with Crippen LogP contribution in [0.25, 0.3) is 0 Å². The summed E-state index contributed by atoms with van der Waals surface area (Å²) in [7, 11) is 1.61. The molecule has 21 heavy (non-hydrogen) atoms. The molecular formula is C14H11I2N3O2. The van der Waals surface area contributed by atoms with Crippen molar-refractivity contribution in [3.05, 3.63) is 54.9 Å². The van der Waals surface area contributed by atoms with Crippen molar-refractivity contribution < 1.29 is 9.53 Å². The van der Waals surface area contributed by atoms with Gasteiger partial charge in [-0.15, -0.1) is 0 Å². The highest BCUT2D eigenvalue weighted by atomic mass is 127. The van der Waals surface area contributed by atoms with Crippen LogP contribution in [0.1, 0.15) is 15.9 Å². The first-order valence-electron chi connectivity index (χ1n) is 5.88. The first kappa shape index (κ1) is 16.1. The zero-order valence-electron chi connectivity index (χ0n) is 11.0. The third kappa shape index (κ3) is 4.37. The van der Waals surface area contributed by atoms with Crippen molar-refractivity contribution in [2.75, 3.05) is 7.11 Å². The number of nitrogens with zero attached hydrogens (tertiary/aromatic N) is 2. The fourth-order valence-electron chi connectivity index (χ4n) is 1.61. The van der Waals surface area contributed by atoms with Gasteiger partial charge in [0.2, 0.25) is 0 Å². The normalized spacial score (nSPS) is 10.6. The summed E-state index contributed by atoms with van der Waals surface area (Å²) < 4.78 is 7.40. The van der Waals surface area contributed by atoms with Gasteiger partial charge in [0.25, 0.3) is 5.91 Å². The monoisotopic (exact) mass is 507 g/mol. The molecule has 1 aromatic heterocycles. The standard InChI is InChI=1S/C14H11I2N3O2/c1-21-13-10(5-11(15)6-12(13)16)8-18-19-14(20)9-3-2-4-17-7-9/h2-8H,1H3,(H,19,20). The van der Waals surface area contributed by atoms with Crippen molar-refractivity contribution in [1.82, 2.24) is 10.4 Å². The maximum Gasteiger partial charge on any atom is 0.272 e. The van der Waals surface area contributed by atoms with Crippen LogP contribution in [0.15, 0.2) is 41.8 Å². The summed E-state index contributed by atoms with van der Waals surface area (Å²) in [6, 6.07) is 7.31. The molecule has 5 nitrogen and oxygen atoms in total. The number of hydrogen-bond acceptors (Lipinski definition) is 4. The zero-order chi connectivity index (χ0) is 15.2. The van der Waals surface area contributed by atoms with E-state index in [2.05, 4.69) is 60.7 Å². The van der Waals surface area contributed by atoms with Crippen LogP contribution < -0.4 is 10.2 Å². The minimum atomic E-state index is -0.307. The first-order chi connectivity index (χ1) is 10.1. The van der Waals surface area contributed by atoms with Crippen molar-refractivity contribution >= 4 is 57.3 Å². The quantitative estimate of drug-likeness (QED) is 0.394. The van der Waals surface area contributed by atoms with Crippen LogP contribution in [0.2, 0.25) is 0 Å². The summed E-state index contributed by atoms with van der Waals surface area (Å²) in [6.45, 7) is 0. The number of carbonyl (C=O) groups is 1. The second-order valence-corrected chi connectivity index (χ2v) is 6.36. The van der Waals surface area contributed by atoms with Gasteiger partial charge in [-0.2, -0.15) is 5.10 Å². The molecule has 1 N–H and O–H groups in total. The van der Waals surface area contributed by atoms with Gasteiger partial charge in [-0.3, -0.25) is 9.78 Å². The van der Waals surface area contributed by atoms with E-state index in [4.69, 9.17) is 4.74 Å². The smallest absolute Gasteiger partial charge is 0.272 e. The number of pyridine rings is 1. The summed E-state index contributed by atoms with van der Waals surface area (Å²) in [5, 5.41) is 3.97.